The van der Waals surface area contributed by atoms with E-state index in [1.54, 1.807) is 43.4 Å². The van der Waals surface area contributed by atoms with Crippen LogP contribution in [0.25, 0.3) is 0 Å². The smallest absolute Gasteiger partial charge is 0.156 e. The monoisotopic (exact) mass is 953 g/mol. The summed E-state index contributed by atoms with van der Waals surface area (Å²) in [6, 6.07) is 0. The fourth-order valence-electron chi connectivity index (χ4n) is 8.24. The summed E-state index contributed by atoms with van der Waals surface area (Å²) in [5.74, 6) is 3.66. The van der Waals surface area contributed by atoms with Gasteiger partial charge in [-0.05, 0) is 125 Å². The highest BCUT2D eigenvalue weighted by molar-refractivity contribution is 9.10. The molecule has 4 aromatic heterocycles. The van der Waals surface area contributed by atoms with Crippen LogP contribution in [0.2, 0.25) is 0 Å². The van der Waals surface area contributed by atoms with Gasteiger partial charge in [0.25, 0.3) is 0 Å². The van der Waals surface area contributed by atoms with Crippen molar-refractivity contribution < 1.29 is 18.7 Å². The van der Waals surface area contributed by atoms with Gasteiger partial charge >= 0.3 is 0 Å². The molecule has 4 fully saturated rings. The van der Waals surface area contributed by atoms with Crippen LogP contribution < -0.4 is 22.9 Å². The number of hydrogen-bond acceptors (Lipinski definition) is 15. The summed E-state index contributed by atoms with van der Waals surface area (Å²) in [6.45, 7) is 10.1. The van der Waals surface area contributed by atoms with Crippen molar-refractivity contribution >= 4 is 45.0 Å². The largest absolute Gasteiger partial charge is 0.393 e. The number of aliphatic hydroxyl groups excluding tert-OH is 1. The minimum atomic E-state index is -0.633. The number of rotatable bonds is 7. The zero-order valence-electron chi connectivity index (χ0n) is 37.8. The van der Waals surface area contributed by atoms with Gasteiger partial charge in [-0.25, -0.2) is 33.7 Å². The van der Waals surface area contributed by atoms with E-state index in [-0.39, 0.29) is 6.10 Å². The summed E-state index contributed by atoms with van der Waals surface area (Å²) in [6.07, 6.45) is 23.2. The number of nitrogens with zero attached hydrogens (tertiary/aromatic N) is 9. The van der Waals surface area contributed by atoms with Crippen LogP contribution in [0.4, 0.5) is 32.1 Å². The molecule has 15 nitrogen and oxygen atoms in total. The minimum Gasteiger partial charge on any atom is -0.393 e. The van der Waals surface area contributed by atoms with Crippen LogP contribution in [0, 0.1) is 0 Å². The average Bonchev–Trinajstić information content (AvgIpc) is 3.31. The Morgan fingerprint density at radius 2 is 0.875 bits per heavy atom. The molecule has 0 aliphatic heterocycles. The fourth-order valence-corrected chi connectivity index (χ4v) is 8.54. The number of halogens is 3. The highest BCUT2D eigenvalue weighted by atomic mass is 79.9. The number of Topliss-reactive ketones (excluding diaryl/α,β-unsaturated/α-hetero) is 1. The van der Waals surface area contributed by atoms with Crippen LogP contribution in [-0.2, 0) is 4.79 Å². The predicted octanol–water partition coefficient (Wildman–Crippen LogP) is 8.58. The standard InChI is InChI=1S/C10H13BrFN3.C10H14FN3.C10H15N3O.C10H13N3O.C6H15N/c11-9-10(13)14-5-8(15-9)6-1-3-7(12)4-2-6;11-8-3-1-7(2-4-8)9-5-14-10(12)6-13-9;2*11-10-6-12-9(5-13-10)7-1-3-8(14)4-2-7;1-4-7(5-2)6-3/h5-7H,1-4H2,(H2,13,14);5-8H,1-4H2,(H2,12,14);5-8,14H,1-4H2,(H2,11,13);5-7H,1-4H2,(H2,11,13);4-6H2,1-3H3. The van der Waals surface area contributed by atoms with Crippen molar-refractivity contribution in [2.75, 3.05) is 42.6 Å². The molecule has 0 radical (unpaired) electrons. The molecule has 0 bridgehead atoms. The second-order valence-corrected chi connectivity index (χ2v) is 17.7. The number of nitrogen functional groups attached to an aromatic ring is 4. The number of aromatic nitrogens is 8. The van der Waals surface area contributed by atoms with E-state index in [9.17, 15) is 18.7 Å². The van der Waals surface area contributed by atoms with Gasteiger partial charge < -0.3 is 32.9 Å². The first-order chi connectivity index (χ1) is 30.8. The average molecular weight is 955 g/mol. The molecule has 0 spiro atoms. The van der Waals surface area contributed by atoms with Crippen LogP contribution in [0.3, 0.4) is 0 Å². The van der Waals surface area contributed by atoms with E-state index in [0.717, 1.165) is 87.0 Å². The summed E-state index contributed by atoms with van der Waals surface area (Å²) in [5, 5.41) is 9.36. The fraction of sp³-hybridized carbons (Fsp3) is 0.630. The summed E-state index contributed by atoms with van der Waals surface area (Å²) >= 11 is 3.25. The molecule has 0 amide bonds. The number of carbonyl (C=O) groups excluding carboxylic acids is 1. The lowest BCUT2D eigenvalue weighted by atomic mass is 9.85. The Kier molecular flexibility index (Phi) is 22.5. The second-order valence-electron chi connectivity index (χ2n) is 16.9. The quantitative estimate of drug-likeness (QED) is 0.116. The SMILES string of the molecule is CCN(CC)CC.Nc1cnc(C2CCC(=O)CC2)cn1.Nc1cnc(C2CCC(F)CC2)cn1.Nc1cnc(C2CCC(O)CC2)cn1.Nc1ncc(C2CCC(F)CC2)nc1Br. The summed E-state index contributed by atoms with van der Waals surface area (Å²) < 4.78 is 26.4. The Balaban J connectivity index is 0.000000178. The van der Waals surface area contributed by atoms with Gasteiger partial charge in [-0.2, -0.15) is 0 Å². The first-order valence-electron chi connectivity index (χ1n) is 23.0. The maximum atomic E-state index is 13.0. The lowest BCUT2D eigenvalue weighted by Gasteiger charge is -2.24. The van der Waals surface area contributed by atoms with Gasteiger partial charge in [-0.3, -0.25) is 19.7 Å². The summed E-state index contributed by atoms with van der Waals surface area (Å²) in [5.41, 5.74) is 25.8. The van der Waals surface area contributed by atoms with Crippen molar-refractivity contribution in [1.29, 1.82) is 0 Å². The molecule has 0 atom stereocenters. The Morgan fingerprint density at radius 1 is 0.531 bits per heavy atom. The number of nitrogens with two attached hydrogens (primary N) is 4. The number of hydrogen-bond donors (Lipinski definition) is 5. The van der Waals surface area contributed by atoms with Crippen molar-refractivity contribution in [3.8, 4) is 0 Å². The molecule has 4 aliphatic rings. The Labute approximate surface area is 386 Å². The highest BCUT2D eigenvalue weighted by Gasteiger charge is 2.25. The van der Waals surface area contributed by atoms with Crippen LogP contribution in [0.5, 0.6) is 0 Å². The van der Waals surface area contributed by atoms with E-state index in [0.29, 0.717) is 95.9 Å². The van der Waals surface area contributed by atoms with Gasteiger partial charge in [0.15, 0.2) is 5.82 Å². The number of carbonyl (C=O) groups is 1. The van der Waals surface area contributed by atoms with Crippen LogP contribution >= 0.6 is 15.9 Å². The lowest BCUT2D eigenvalue weighted by Crippen LogP contribution is -2.21. The highest BCUT2D eigenvalue weighted by Crippen LogP contribution is 2.35. The van der Waals surface area contributed by atoms with Crippen molar-refractivity contribution in [2.45, 2.75) is 166 Å². The Morgan fingerprint density at radius 3 is 1.20 bits per heavy atom. The van der Waals surface area contributed by atoms with Gasteiger partial charge in [0.2, 0.25) is 0 Å². The van der Waals surface area contributed by atoms with Crippen molar-refractivity contribution in [1.82, 2.24) is 44.8 Å². The zero-order valence-corrected chi connectivity index (χ0v) is 39.4. The first kappa shape index (κ1) is 52.1. The Bertz CT molecular complexity index is 1830. The van der Waals surface area contributed by atoms with E-state index in [1.807, 2.05) is 0 Å². The zero-order chi connectivity index (χ0) is 46.4. The minimum absolute atomic E-state index is 0.118. The van der Waals surface area contributed by atoms with Gasteiger partial charge in [0.1, 0.15) is 40.2 Å². The molecule has 9 N–H and O–H groups in total. The first-order valence-corrected chi connectivity index (χ1v) is 23.8. The molecule has 4 heterocycles. The molecule has 352 valence electrons. The number of anilines is 4. The Hall–Kier alpha value is -4.55. The van der Waals surface area contributed by atoms with Gasteiger partial charge in [-0.1, -0.05) is 20.8 Å². The van der Waals surface area contributed by atoms with E-state index in [2.05, 4.69) is 81.5 Å². The molecule has 0 saturated heterocycles. The van der Waals surface area contributed by atoms with Crippen LogP contribution in [-0.4, -0.2) is 93.7 Å². The van der Waals surface area contributed by atoms with Crippen molar-refractivity contribution in [3.05, 3.63) is 70.8 Å². The number of ketones is 1. The lowest BCUT2D eigenvalue weighted by molar-refractivity contribution is -0.120. The maximum Gasteiger partial charge on any atom is 0.156 e. The van der Waals surface area contributed by atoms with E-state index >= 15 is 0 Å². The molecule has 0 unspecified atom stereocenters. The molecular formula is C46H70BrF2N13O2. The third-order valence-corrected chi connectivity index (χ3v) is 13.0. The van der Waals surface area contributed by atoms with Gasteiger partial charge in [0.05, 0.1) is 72.3 Å². The third kappa shape index (κ3) is 18.1. The van der Waals surface area contributed by atoms with E-state index in [4.69, 9.17) is 22.9 Å². The van der Waals surface area contributed by atoms with Gasteiger partial charge in [-0.15, -0.1) is 0 Å². The molecule has 4 saturated carbocycles. The second kappa shape index (κ2) is 27.7. The normalized spacial score (nSPS) is 23.4. The summed E-state index contributed by atoms with van der Waals surface area (Å²) in [4.78, 5) is 46.5. The molecule has 64 heavy (non-hydrogen) atoms. The van der Waals surface area contributed by atoms with Crippen molar-refractivity contribution in [3.63, 3.8) is 0 Å². The van der Waals surface area contributed by atoms with Gasteiger partial charge in [0, 0.05) is 36.5 Å². The van der Waals surface area contributed by atoms with Crippen molar-refractivity contribution in [2.24, 2.45) is 0 Å². The summed E-state index contributed by atoms with van der Waals surface area (Å²) in [7, 11) is 0. The van der Waals surface area contributed by atoms with E-state index in [1.165, 1.54) is 19.6 Å². The van der Waals surface area contributed by atoms with Crippen LogP contribution in [0.1, 0.15) is 170 Å². The molecule has 0 aromatic carbocycles. The van der Waals surface area contributed by atoms with E-state index < -0.39 is 12.3 Å². The topological polar surface area (TPSA) is 248 Å². The molecule has 4 aliphatic carbocycles. The number of aliphatic hydroxyl groups is 1. The number of alkyl halides is 2. The molecular weight excluding hydrogens is 884 g/mol. The maximum absolute atomic E-state index is 13.0. The third-order valence-electron chi connectivity index (χ3n) is 12.4. The van der Waals surface area contributed by atoms with Crippen LogP contribution in [0.15, 0.2) is 48.0 Å². The molecule has 8 rings (SSSR count). The molecule has 18 heteroatoms. The molecule has 4 aromatic rings. The predicted molar refractivity (Wildman–Crippen MR) is 253 cm³/mol.